The predicted molar refractivity (Wildman–Crippen MR) is 96.2 cm³/mol. The molecule has 1 amide bonds. The van der Waals surface area contributed by atoms with Gasteiger partial charge >= 0.3 is 6.18 Å². The molecule has 0 bridgehead atoms. The van der Waals surface area contributed by atoms with E-state index in [-0.39, 0.29) is 24.9 Å². The summed E-state index contributed by atoms with van der Waals surface area (Å²) in [6.45, 7) is 3.79. The minimum absolute atomic E-state index is 0.0983. The summed E-state index contributed by atoms with van der Waals surface area (Å²) in [6, 6.07) is 4.31. The van der Waals surface area contributed by atoms with Gasteiger partial charge < -0.3 is 10.0 Å². The van der Waals surface area contributed by atoms with Crippen LogP contribution < -0.4 is 0 Å². The highest BCUT2D eigenvalue weighted by molar-refractivity contribution is 5.80. The van der Waals surface area contributed by atoms with Crippen LogP contribution in [0, 0.1) is 5.92 Å². The van der Waals surface area contributed by atoms with Crippen LogP contribution in [0.1, 0.15) is 42.3 Å². The van der Waals surface area contributed by atoms with Crippen LogP contribution in [-0.4, -0.2) is 38.5 Å². The highest BCUT2D eigenvalue weighted by Gasteiger charge is 2.37. The van der Waals surface area contributed by atoms with Crippen LogP contribution in [0.25, 0.3) is 0 Å². The van der Waals surface area contributed by atoms with Gasteiger partial charge in [0.2, 0.25) is 5.91 Å². The molecule has 5 nitrogen and oxygen atoms in total. The third kappa shape index (κ3) is 4.32. The summed E-state index contributed by atoms with van der Waals surface area (Å²) in [5, 5.41) is 10.5. The Bertz CT molecular complexity index is 840. The molecule has 1 aliphatic rings. The first-order valence-electron chi connectivity index (χ1n) is 9.10. The largest absolute Gasteiger partial charge is 0.433 e. The third-order valence-electron chi connectivity index (χ3n) is 5.00. The Hall–Kier alpha value is -2.48. The fraction of sp³-hybridized carbons (Fsp3) is 0.450. The lowest BCUT2D eigenvalue weighted by molar-refractivity contribution is -0.141. The first-order valence-corrected chi connectivity index (χ1v) is 9.10. The summed E-state index contributed by atoms with van der Waals surface area (Å²) in [5.41, 5.74) is 0.849. The number of fused-ring (bicyclic) bond motifs is 1. The van der Waals surface area contributed by atoms with Crippen molar-refractivity contribution in [1.29, 1.82) is 0 Å². The molecule has 0 aromatic carbocycles. The van der Waals surface area contributed by atoms with E-state index in [0.717, 1.165) is 6.07 Å². The van der Waals surface area contributed by atoms with Crippen molar-refractivity contribution in [3.05, 3.63) is 59.2 Å². The summed E-state index contributed by atoms with van der Waals surface area (Å²) in [4.78, 5) is 22.1. The molecule has 0 fully saturated rings. The quantitative estimate of drug-likeness (QED) is 0.847. The Morgan fingerprint density at radius 2 is 2.00 bits per heavy atom. The van der Waals surface area contributed by atoms with E-state index in [1.165, 1.54) is 6.20 Å². The monoisotopic (exact) mass is 393 g/mol. The number of rotatable bonds is 5. The standard InChI is InChI=1S/C20H22F3N3O2/c1-12(2)26(11-17(27)13-4-3-5-24-9-13)19(28)15-6-14-8-18(20(21,22)23)25-10-16(14)7-15/h3-5,8-10,12,15,17,27H,6-7,11H2,1-2H3/t15?,17-/m1/s1. The van der Waals surface area contributed by atoms with Crippen molar-refractivity contribution in [3.8, 4) is 0 Å². The number of amides is 1. The van der Waals surface area contributed by atoms with Crippen molar-refractivity contribution in [1.82, 2.24) is 14.9 Å². The molecule has 2 atom stereocenters. The molecular weight excluding hydrogens is 371 g/mol. The van der Waals surface area contributed by atoms with Crippen molar-refractivity contribution in [2.45, 2.75) is 45.0 Å². The molecule has 28 heavy (non-hydrogen) atoms. The summed E-state index contributed by atoms with van der Waals surface area (Å²) in [6.07, 6.45) is -0.436. The number of hydrogen-bond donors (Lipinski definition) is 1. The Kier molecular flexibility index (Phi) is 5.69. The Balaban J connectivity index is 1.74. The maximum atomic E-state index is 13.1. The topological polar surface area (TPSA) is 66.3 Å². The summed E-state index contributed by atoms with van der Waals surface area (Å²) >= 11 is 0. The zero-order valence-electron chi connectivity index (χ0n) is 15.6. The van der Waals surface area contributed by atoms with Gasteiger partial charge in [0.15, 0.2) is 0 Å². The van der Waals surface area contributed by atoms with Gasteiger partial charge in [0.05, 0.1) is 12.6 Å². The fourth-order valence-corrected chi connectivity index (χ4v) is 3.49. The molecule has 1 aliphatic carbocycles. The van der Waals surface area contributed by atoms with E-state index in [0.29, 0.717) is 23.1 Å². The second-order valence-electron chi connectivity index (χ2n) is 7.33. The number of aliphatic hydroxyl groups excluding tert-OH is 1. The number of hydrogen-bond acceptors (Lipinski definition) is 4. The summed E-state index contributed by atoms with van der Waals surface area (Å²) < 4.78 is 38.6. The Morgan fingerprint density at radius 1 is 1.29 bits per heavy atom. The van der Waals surface area contributed by atoms with Crippen molar-refractivity contribution in [3.63, 3.8) is 0 Å². The van der Waals surface area contributed by atoms with E-state index in [4.69, 9.17) is 0 Å². The predicted octanol–water partition coefficient (Wildman–Crippen LogP) is 3.18. The number of nitrogens with zero attached hydrogens (tertiary/aromatic N) is 3. The molecule has 8 heteroatoms. The molecular formula is C20H22F3N3O2. The highest BCUT2D eigenvalue weighted by Crippen LogP contribution is 2.34. The van der Waals surface area contributed by atoms with Crippen LogP contribution in [-0.2, 0) is 23.8 Å². The number of carbonyl (C=O) groups excluding carboxylic acids is 1. The van der Waals surface area contributed by atoms with E-state index in [2.05, 4.69) is 9.97 Å². The van der Waals surface area contributed by atoms with Crippen LogP contribution in [0.3, 0.4) is 0 Å². The van der Waals surface area contributed by atoms with Crippen LogP contribution in [0.2, 0.25) is 0 Å². The van der Waals surface area contributed by atoms with Gasteiger partial charge in [-0.2, -0.15) is 13.2 Å². The zero-order chi connectivity index (χ0) is 20.5. The van der Waals surface area contributed by atoms with Crippen LogP contribution >= 0.6 is 0 Å². The zero-order valence-corrected chi connectivity index (χ0v) is 15.6. The highest BCUT2D eigenvalue weighted by atomic mass is 19.4. The van der Waals surface area contributed by atoms with Gasteiger partial charge in [-0.05, 0) is 49.9 Å². The number of aliphatic hydroxyl groups is 1. The number of aromatic nitrogens is 2. The second-order valence-corrected chi connectivity index (χ2v) is 7.33. The lowest BCUT2D eigenvalue weighted by Gasteiger charge is -2.31. The average molecular weight is 393 g/mol. The minimum atomic E-state index is -4.51. The molecule has 150 valence electrons. The molecule has 2 aromatic rings. The number of alkyl halides is 3. The maximum absolute atomic E-state index is 13.1. The van der Waals surface area contributed by atoms with Crippen LogP contribution in [0.4, 0.5) is 13.2 Å². The van der Waals surface area contributed by atoms with Gasteiger partial charge in [-0.3, -0.25) is 14.8 Å². The molecule has 0 spiro atoms. The van der Waals surface area contributed by atoms with Gasteiger partial charge in [0.25, 0.3) is 0 Å². The smallest absolute Gasteiger partial charge is 0.386 e. The first kappa shape index (κ1) is 20.3. The maximum Gasteiger partial charge on any atom is 0.433 e. The van der Waals surface area contributed by atoms with Gasteiger partial charge in [-0.1, -0.05) is 6.07 Å². The van der Waals surface area contributed by atoms with E-state index in [1.807, 2.05) is 13.8 Å². The SMILES string of the molecule is CC(C)N(C[C@@H](O)c1cccnc1)C(=O)C1Cc2cnc(C(F)(F)F)cc2C1. The number of halogens is 3. The molecule has 0 radical (unpaired) electrons. The van der Waals surface area contributed by atoms with Gasteiger partial charge in [0.1, 0.15) is 5.69 Å². The van der Waals surface area contributed by atoms with Crippen LogP contribution in [0.5, 0.6) is 0 Å². The van der Waals surface area contributed by atoms with E-state index in [1.54, 1.807) is 29.4 Å². The van der Waals surface area contributed by atoms with Crippen molar-refractivity contribution in [2.24, 2.45) is 5.92 Å². The normalized spacial score (nSPS) is 17.5. The molecule has 2 heterocycles. The lowest BCUT2D eigenvalue weighted by Crippen LogP contribution is -2.43. The van der Waals surface area contributed by atoms with E-state index in [9.17, 15) is 23.1 Å². The molecule has 2 aromatic heterocycles. The van der Waals surface area contributed by atoms with E-state index >= 15 is 0 Å². The third-order valence-corrected chi connectivity index (χ3v) is 5.00. The number of pyridine rings is 2. The van der Waals surface area contributed by atoms with Crippen molar-refractivity contribution < 1.29 is 23.1 Å². The minimum Gasteiger partial charge on any atom is -0.386 e. The fourth-order valence-electron chi connectivity index (χ4n) is 3.49. The van der Waals surface area contributed by atoms with Crippen molar-refractivity contribution >= 4 is 5.91 Å². The Labute approximate surface area is 161 Å². The lowest BCUT2D eigenvalue weighted by atomic mass is 10.0. The van der Waals surface area contributed by atoms with Crippen LogP contribution in [0.15, 0.2) is 36.8 Å². The number of carbonyl (C=O) groups is 1. The summed E-state index contributed by atoms with van der Waals surface area (Å²) in [7, 11) is 0. The molecule has 1 N–H and O–H groups in total. The first-order chi connectivity index (χ1) is 13.2. The molecule has 1 unspecified atom stereocenters. The van der Waals surface area contributed by atoms with Gasteiger partial charge in [-0.25, -0.2) is 0 Å². The molecule has 0 saturated carbocycles. The second kappa shape index (κ2) is 7.87. The summed E-state index contributed by atoms with van der Waals surface area (Å²) in [5.74, 6) is -0.633. The van der Waals surface area contributed by atoms with Gasteiger partial charge in [-0.15, -0.1) is 0 Å². The molecule has 0 aliphatic heterocycles. The van der Waals surface area contributed by atoms with Gasteiger partial charge in [0, 0.05) is 36.1 Å². The molecule has 0 saturated heterocycles. The van der Waals surface area contributed by atoms with Crippen molar-refractivity contribution in [2.75, 3.05) is 6.54 Å². The Morgan fingerprint density at radius 3 is 2.61 bits per heavy atom. The molecule has 3 rings (SSSR count). The van der Waals surface area contributed by atoms with E-state index < -0.39 is 23.9 Å². The average Bonchev–Trinajstić information content (AvgIpc) is 3.08.